The van der Waals surface area contributed by atoms with Crippen LogP contribution in [0.1, 0.15) is 34.5 Å². The van der Waals surface area contributed by atoms with Crippen molar-refractivity contribution in [2.45, 2.75) is 40.2 Å². The number of nitrogens with one attached hydrogen (secondary N) is 1. The van der Waals surface area contributed by atoms with Gasteiger partial charge in [-0.1, -0.05) is 29.8 Å². The molecule has 1 N–H and O–H groups in total. The Bertz CT molecular complexity index is 1300. The lowest BCUT2D eigenvalue weighted by Gasteiger charge is -2.11. The highest BCUT2D eigenvalue weighted by atomic mass is 16.5. The van der Waals surface area contributed by atoms with Crippen LogP contribution in [-0.2, 0) is 17.8 Å². The van der Waals surface area contributed by atoms with Crippen molar-refractivity contribution in [2.24, 2.45) is 0 Å². The van der Waals surface area contributed by atoms with Gasteiger partial charge >= 0.3 is 0 Å². The number of hydrogen-bond donors (Lipinski definition) is 1. The van der Waals surface area contributed by atoms with E-state index in [-0.39, 0.29) is 5.91 Å². The molecule has 0 aliphatic heterocycles. The zero-order valence-electron chi connectivity index (χ0n) is 20.3. The Morgan fingerprint density at radius 2 is 1.65 bits per heavy atom. The maximum Gasteiger partial charge on any atom is 0.220 e. The molecule has 34 heavy (non-hydrogen) atoms. The van der Waals surface area contributed by atoms with Crippen LogP contribution < -0.4 is 14.8 Å². The van der Waals surface area contributed by atoms with Gasteiger partial charge in [-0.15, -0.1) is 0 Å². The highest BCUT2D eigenvalue weighted by Crippen LogP contribution is 2.30. The monoisotopic (exact) mass is 458 g/mol. The van der Waals surface area contributed by atoms with Crippen molar-refractivity contribution in [3.05, 3.63) is 76.6 Å². The van der Waals surface area contributed by atoms with Gasteiger partial charge in [0.25, 0.3) is 0 Å². The van der Waals surface area contributed by atoms with Crippen molar-refractivity contribution in [1.82, 2.24) is 19.9 Å². The molecular formula is C27H30N4O3. The summed E-state index contributed by atoms with van der Waals surface area (Å²) < 4.78 is 12.6. The normalized spacial score (nSPS) is 11.0. The first-order valence-corrected chi connectivity index (χ1v) is 11.3. The van der Waals surface area contributed by atoms with Crippen LogP contribution in [0.2, 0.25) is 0 Å². The minimum Gasteiger partial charge on any atom is -0.497 e. The summed E-state index contributed by atoms with van der Waals surface area (Å²) in [5.41, 5.74) is 7.65. The molecule has 2 aromatic carbocycles. The predicted octanol–water partition coefficient (Wildman–Crippen LogP) is 4.59. The number of methoxy groups -OCH3 is 2. The van der Waals surface area contributed by atoms with Crippen molar-refractivity contribution >= 4 is 11.6 Å². The molecule has 0 saturated carbocycles. The molecule has 0 aliphatic carbocycles. The van der Waals surface area contributed by atoms with E-state index in [1.807, 2.05) is 61.7 Å². The second-order valence-electron chi connectivity index (χ2n) is 8.42. The van der Waals surface area contributed by atoms with Gasteiger partial charge in [0.15, 0.2) is 5.65 Å². The highest BCUT2D eigenvalue weighted by molar-refractivity contribution is 5.76. The minimum absolute atomic E-state index is 0.0177. The van der Waals surface area contributed by atoms with Gasteiger partial charge in [0.2, 0.25) is 5.91 Å². The molecule has 2 aromatic heterocycles. The van der Waals surface area contributed by atoms with Gasteiger partial charge in [0.05, 0.1) is 19.9 Å². The van der Waals surface area contributed by atoms with Crippen molar-refractivity contribution in [1.29, 1.82) is 0 Å². The summed E-state index contributed by atoms with van der Waals surface area (Å²) >= 11 is 0. The fourth-order valence-corrected chi connectivity index (χ4v) is 4.02. The number of aromatic nitrogens is 3. The van der Waals surface area contributed by atoms with E-state index in [1.54, 1.807) is 14.2 Å². The van der Waals surface area contributed by atoms with Crippen LogP contribution in [0.25, 0.3) is 16.9 Å². The lowest BCUT2D eigenvalue weighted by molar-refractivity contribution is -0.121. The second kappa shape index (κ2) is 9.95. The quantitative estimate of drug-likeness (QED) is 0.418. The molecule has 7 heteroatoms. The van der Waals surface area contributed by atoms with Crippen molar-refractivity contribution in [3.8, 4) is 22.8 Å². The van der Waals surface area contributed by atoms with Crippen LogP contribution in [0.4, 0.5) is 0 Å². The number of carbonyl (C=O) groups excluding carboxylic acids is 1. The van der Waals surface area contributed by atoms with E-state index < -0.39 is 0 Å². The smallest absolute Gasteiger partial charge is 0.220 e. The average Bonchev–Trinajstić information content (AvgIpc) is 3.27. The third-order valence-corrected chi connectivity index (χ3v) is 6.02. The van der Waals surface area contributed by atoms with Gasteiger partial charge < -0.3 is 14.8 Å². The summed E-state index contributed by atoms with van der Waals surface area (Å²) in [6, 6.07) is 15.8. The molecule has 4 rings (SSSR count). The van der Waals surface area contributed by atoms with Crippen LogP contribution in [0.15, 0.2) is 48.5 Å². The fourth-order valence-electron chi connectivity index (χ4n) is 4.02. The molecule has 0 aliphatic rings. The van der Waals surface area contributed by atoms with Gasteiger partial charge in [-0.2, -0.15) is 5.10 Å². The van der Waals surface area contributed by atoms with E-state index in [2.05, 4.69) is 17.4 Å². The molecule has 0 radical (unpaired) electrons. The first-order chi connectivity index (χ1) is 16.4. The van der Waals surface area contributed by atoms with Crippen molar-refractivity contribution in [3.63, 3.8) is 0 Å². The topological polar surface area (TPSA) is 77.8 Å². The number of rotatable bonds is 8. The Labute approximate surface area is 199 Å². The molecule has 2 heterocycles. The Kier molecular flexibility index (Phi) is 6.82. The maximum atomic E-state index is 12.5. The molecule has 0 atom stereocenters. The van der Waals surface area contributed by atoms with Crippen LogP contribution in [0, 0.1) is 20.8 Å². The zero-order chi connectivity index (χ0) is 24.2. The summed E-state index contributed by atoms with van der Waals surface area (Å²) in [5, 5.41) is 7.79. The molecule has 7 nitrogen and oxygen atoms in total. The number of nitrogens with zero attached hydrogens (tertiary/aromatic N) is 3. The van der Waals surface area contributed by atoms with Gasteiger partial charge in [-0.3, -0.25) is 4.79 Å². The van der Waals surface area contributed by atoms with E-state index in [0.717, 1.165) is 39.4 Å². The average molecular weight is 459 g/mol. The molecule has 4 aromatic rings. The summed E-state index contributed by atoms with van der Waals surface area (Å²) in [6.07, 6.45) is 0.991. The summed E-state index contributed by atoms with van der Waals surface area (Å²) in [4.78, 5) is 17.2. The summed E-state index contributed by atoms with van der Waals surface area (Å²) in [6.45, 7) is 6.58. The van der Waals surface area contributed by atoms with Gasteiger partial charge in [0.1, 0.15) is 11.5 Å². The lowest BCUT2D eigenvalue weighted by Crippen LogP contribution is -2.23. The largest absolute Gasteiger partial charge is 0.497 e. The SMILES string of the molecule is COc1cc(OC)cc(-c2cc3nc(C)c(CCC(=O)NCc4ccc(C)cc4)c(C)n3n2)c1. The third kappa shape index (κ3) is 5.03. The molecule has 0 saturated heterocycles. The van der Waals surface area contributed by atoms with Crippen LogP contribution in [-0.4, -0.2) is 34.7 Å². The predicted molar refractivity (Wildman–Crippen MR) is 132 cm³/mol. The third-order valence-electron chi connectivity index (χ3n) is 6.02. The van der Waals surface area contributed by atoms with Gasteiger partial charge in [-0.25, -0.2) is 9.50 Å². The fraction of sp³-hybridized carbons (Fsp3) is 0.296. The van der Waals surface area contributed by atoms with E-state index in [4.69, 9.17) is 19.6 Å². The van der Waals surface area contributed by atoms with Crippen molar-refractivity contribution < 1.29 is 14.3 Å². The van der Waals surface area contributed by atoms with E-state index in [9.17, 15) is 4.79 Å². The number of fused-ring (bicyclic) bond motifs is 1. The number of carbonyl (C=O) groups is 1. The van der Waals surface area contributed by atoms with E-state index in [0.29, 0.717) is 30.9 Å². The highest BCUT2D eigenvalue weighted by Gasteiger charge is 2.15. The molecular weight excluding hydrogens is 428 g/mol. The Morgan fingerprint density at radius 1 is 0.971 bits per heavy atom. The van der Waals surface area contributed by atoms with Gasteiger partial charge in [-0.05, 0) is 50.5 Å². The van der Waals surface area contributed by atoms with Crippen LogP contribution in [0.5, 0.6) is 11.5 Å². The summed E-state index contributed by atoms with van der Waals surface area (Å²) in [7, 11) is 3.25. The lowest BCUT2D eigenvalue weighted by atomic mass is 10.1. The molecule has 0 bridgehead atoms. The first-order valence-electron chi connectivity index (χ1n) is 11.3. The Hall–Kier alpha value is -3.87. The molecule has 0 unspecified atom stereocenters. The number of ether oxygens (including phenoxy) is 2. The Balaban J connectivity index is 1.52. The standard InChI is InChI=1S/C27H30N4O3/c1-17-6-8-20(9-7-17)16-28-27(32)11-10-24-18(2)29-26-15-25(30-31(26)19(24)3)21-12-22(33-4)14-23(13-21)34-5/h6-9,12-15H,10-11,16H2,1-5H3,(H,28,32). The molecule has 1 amide bonds. The van der Waals surface area contributed by atoms with Gasteiger partial charge in [0, 0.05) is 42.0 Å². The molecule has 0 spiro atoms. The molecule has 176 valence electrons. The second-order valence-corrected chi connectivity index (χ2v) is 8.42. The minimum atomic E-state index is 0.0177. The van der Waals surface area contributed by atoms with E-state index >= 15 is 0 Å². The number of aryl methyl sites for hydroxylation is 3. The zero-order valence-corrected chi connectivity index (χ0v) is 20.3. The molecule has 0 fully saturated rings. The maximum absolute atomic E-state index is 12.5. The number of amides is 1. The van der Waals surface area contributed by atoms with E-state index in [1.165, 1.54) is 5.56 Å². The summed E-state index contributed by atoms with van der Waals surface area (Å²) in [5.74, 6) is 1.42. The Morgan fingerprint density at radius 3 is 2.29 bits per heavy atom. The number of hydrogen-bond acceptors (Lipinski definition) is 5. The number of benzene rings is 2. The van der Waals surface area contributed by atoms with Crippen LogP contribution >= 0.6 is 0 Å². The first kappa shape index (κ1) is 23.3. The van der Waals surface area contributed by atoms with Crippen molar-refractivity contribution in [2.75, 3.05) is 14.2 Å². The van der Waals surface area contributed by atoms with Crippen LogP contribution in [0.3, 0.4) is 0 Å².